The molecular weight excluding hydrogens is 381 g/mol. The molecule has 0 saturated carbocycles. The molecule has 0 bridgehead atoms. The number of hydrogen-bond donors (Lipinski definition) is 0. The Kier molecular flexibility index (Phi) is 5.66. The minimum atomic E-state index is -3.07. The van der Waals surface area contributed by atoms with Crippen LogP contribution < -0.4 is 10.6 Å². The lowest BCUT2D eigenvalue weighted by atomic mass is 10.2. The average molecular weight is 401 g/mol. The molecule has 0 aliphatic heterocycles. The quantitative estimate of drug-likeness (QED) is 0.293. The second kappa shape index (κ2) is 8.52. The molecule has 0 aliphatic rings. The van der Waals surface area contributed by atoms with Crippen LogP contribution >= 0.6 is 18.5 Å². The minimum absolute atomic E-state index is 0.486. The van der Waals surface area contributed by atoms with Crippen LogP contribution in [0.3, 0.4) is 0 Å². The molecular formula is C24H20NOPS. The van der Waals surface area contributed by atoms with Crippen molar-refractivity contribution in [1.29, 1.82) is 0 Å². The molecule has 3 aromatic carbocycles. The Morgan fingerprint density at radius 1 is 0.714 bits per heavy atom. The summed E-state index contributed by atoms with van der Waals surface area (Å²) in [5.74, 6) is -0.486. The predicted octanol–water partition coefficient (Wildman–Crippen LogP) is 5.88. The molecule has 138 valence electrons. The molecule has 4 heteroatoms. The molecule has 0 amide bonds. The average Bonchev–Trinajstić information content (AvgIpc) is 3.29. The van der Waals surface area contributed by atoms with Crippen LogP contribution in [-0.2, 0) is 4.57 Å². The summed E-state index contributed by atoms with van der Waals surface area (Å²) in [6.45, 7) is 0. The standard InChI is InChI=1S/C24H20NOPS/c26-27(21-13-6-2-7-14-21,22-15-8-3-9-16-22)24(20-11-4-1-5-12-20)25-19-23-17-10-18-28-23/h1-19,24H/b25-19+. The number of hydrogen-bond acceptors (Lipinski definition) is 3. The lowest BCUT2D eigenvalue weighted by molar-refractivity contribution is 0.579. The Morgan fingerprint density at radius 3 is 1.75 bits per heavy atom. The number of nitrogens with zero attached hydrogens (tertiary/aromatic N) is 1. The molecule has 1 unspecified atom stereocenters. The predicted molar refractivity (Wildman–Crippen MR) is 121 cm³/mol. The van der Waals surface area contributed by atoms with Gasteiger partial charge in [0.05, 0.1) is 0 Å². The van der Waals surface area contributed by atoms with Crippen LogP contribution in [0.4, 0.5) is 0 Å². The molecule has 0 aliphatic carbocycles. The van der Waals surface area contributed by atoms with Crippen molar-refractivity contribution in [3.63, 3.8) is 0 Å². The molecule has 1 atom stereocenters. The third-order valence-corrected chi connectivity index (χ3v) is 8.67. The third kappa shape index (κ3) is 3.77. The van der Waals surface area contributed by atoms with Gasteiger partial charge in [0.25, 0.3) is 0 Å². The Hall–Kier alpha value is -2.74. The first-order valence-electron chi connectivity index (χ1n) is 9.11. The van der Waals surface area contributed by atoms with Crippen LogP contribution in [-0.4, -0.2) is 6.21 Å². The van der Waals surface area contributed by atoms with Gasteiger partial charge in [-0.05, 0) is 17.0 Å². The van der Waals surface area contributed by atoms with Gasteiger partial charge in [-0.1, -0.05) is 97.1 Å². The van der Waals surface area contributed by atoms with Crippen LogP contribution in [0.25, 0.3) is 0 Å². The molecule has 0 saturated heterocycles. The minimum Gasteiger partial charge on any atom is -0.311 e. The lowest BCUT2D eigenvalue weighted by Gasteiger charge is -2.26. The molecule has 4 rings (SSSR count). The molecule has 2 nitrogen and oxygen atoms in total. The lowest BCUT2D eigenvalue weighted by Crippen LogP contribution is -2.20. The van der Waals surface area contributed by atoms with Crippen LogP contribution in [0.2, 0.25) is 0 Å². The largest absolute Gasteiger partial charge is 0.311 e. The first kappa shape index (κ1) is 18.6. The number of aliphatic imine (C=N–C) groups is 1. The summed E-state index contributed by atoms with van der Waals surface area (Å²) in [5, 5.41) is 3.66. The van der Waals surface area contributed by atoms with Crippen molar-refractivity contribution in [3.05, 3.63) is 119 Å². The van der Waals surface area contributed by atoms with Gasteiger partial charge in [0.15, 0.2) is 7.14 Å². The summed E-state index contributed by atoms with van der Waals surface area (Å²) in [5.41, 5.74) is 0.950. The van der Waals surface area contributed by atoms with E-state index in [9.17, 15) is 4.57 Å². The normalized spacial score (nSPS) is 12.9. The molecule has 0 radical (unpaired) electrons. The summed E-state index contributed by atoms with van der Waals surface area (Å²) in [6.07, 6.45) is 1.85. The highest BCUT2D eigenvalue weighted by molar-refractivity contribution is 7.79. The fourth-order valence-corrected chi connectivity index (χ4v) is 6.79. The number of rotatable bonds is 6. The van der Waals surface area contributed by atoms with Crippen molar-refractivity contribution in [2.24, 2.45) is 4.99 Å². The Balaban J connectivity index is 1.92. The zero-order valence-electron chi connectivity index (χ0n) is 15.3. The summed E-state index contributed by atoms with van der Waals surface area (Å²) < 4.78 is 14.8. The highest BCUT2D eigenvalue weighted by Gasteiger charge is 2.37. The highest BCUT2D eigenvalue weighted by atomic mass is 32.1. The molecule has 0 spiro atoms. The zero-order chi connectivity index (χ0) is 19.2. The van der Waals surface area contributed by atoms with Crippen LogP contribution in [0.5, 0.6) is 0 Å². The SMILES string of the molecule is O=P(c1ccccc1)(c1ccccc1)C(/N=C/c1cccs1)c1ccccc1. The van der Waals surface area contributed by atoms with Crippen molar-refractivity contribution in [2.45, 2.75) is 5.78 Å². The van der Waals surface area contributed by atoms with Gasteiger partial charge >= 0.3 is 0 Å². The van der Waals surface area contributed by atoms with Crippen molar-refractivity contribution >= 4 is 35.3 Å². The molecule has 0 N–H and O–H groups in total. The van der Waals surface area contributed by atoms with E-state index in [1.807, 2.05) is 115 Å². The maximum absolute atomic E-state index is 14.8. The van der Waals surface area contributed by atoms with Crippen LogP contribution in [0.15, 0.2) is 114 Å². The van der Waals surface area contributed by atoms with Crippen LogP contribution in [0, 0.1) is 0 Å². The Labute approximate surface area is 169 Å². The molecule has 4 aromatic rings. The third-order valence-electron chi connectivity index (χ3n) is 4.61. The summed E-state index contributed by atoms with van der Waals surface area (Å²) >= 11 is 1.62. The monoisotopic (exact) mass is 401 g/mol. The number of thiophene rings is 1. The van der Waals surface area contributed by atoms with E-state index < -0.39 is 12.9 Å². The number of benzene rings is 3. The van der Waals surface area contributed by atoms with E-state index in [1.54, 1.807) is 11.3 Å². The Bertz CT molecular complexity index is 1030. The van der Waals surface area contributed by atoms with E-state index in [4.69, 9.17) is 4.99 Å². The second-order valence-corrected chi connectivity index (χ2v) is 10.2. The van der Waals surface area contributed by atoms with Gasteiger partial charge in [-0.15, -0.1) is 11.3 Å². The summed E-state index contributed by atoms with van der Waals surface area (Å²) in [7, 11) is -3.07. The van der Waals surface area contributed by atoms with Gasteiger partial charge in [0.2, 0.25) is 0 Å². The van der Waals surface area contributed by atoms with Crippen molar-refractivity contribution in [1.82, 2.24) is 0 Å². The first-order chi connectivity index (χ1) is 13.8. The highest BCUT2D eigenvalue weighted by Crippen LogP contribution is 2.57. The van der Waals surface area contributed by atoms with Crippen LogP contribution in [0.1, 0.15) is 16.2 Å². The smallest absolute Gasteiger partial charge is 0.170 e. The summed E-state index contributed by atoms with van der Waals surface area (Å²) in [6, 6.07) is 33.4. The molecule has 0 fully saturated rings. The summed E-state index contributed by atoms with van der Waals surface area (Å²) in [4.78, 5) is 5.93. The van der Waals surface area contributed by atoms with E-state index in [0.717, 1.165) is 21.0 Å². The van der Waals surface area contributed by atoms with Crippen molar-refractivity contribution < 1.29 is 4.57 Å². The fourth-order valence-electron chi connectivity index (χ4n) is 3.25. The van der Waals surface area contributed by atoms with Gasteiger partial charge in [-0.3, -0.25) is 4.99 Å². The van der Waals surface area contributed by atoms with Gasteiger partial charge in [0, 0.05) is 21.7 Å². The van der Waals surface area contributed by atoms with Crippen molar-refractivity contribution in [3.8, 4) is 0 Å². The maximum atomic E-state index is 14.8. The fraction of sp³-hybridized carbons (Fsp3) is 0.0417. The first-order valence-corrected chi connectivity index (χ1v) is 11.8. The maximum Gasteiger partial charge on any atom is 0.170 e. The second-order valence-electron chi connectivity index (χ2n) is 6.41. The molecule has 1 aromatic heterocycles. The Morgan fingerprint density at radius 2 is 1.25 bits per heavy atom. The van der Waals surface area contributed by atoms with E-state index in [2.05, 4.69) is 0 Å². The molecule has 28 heavy (non-hydrogen) atoms. The van der Waals surface area contributed by atoms with Gasteiger partial charge in [-0.2, -0.15) is 0 Å². The van der Waals surface area contributed by atoms with E-state index in [0.29, 0.717) is 0 Å². The van der Waals surface area contributed by atoms with Gasteiger partial charge in [-0.25, -0.2) is 0 Å². The van der Waals surface area contributed by atoms with E-state index in [1.165, 1.54) is 0 Å². The van der Waals surface area contributed by atoms with Gasteiger partial charge in [0.1, 0.15) is 5.78 Å². The van der Waals surface area contributed by atoms with Crippen molar-refractivity contribution in [2.75, 3.05) is 0 Å². The topological polar surface area (TPSA) is 29.4 Å². The van der Waals surface area contributed by atoms with E-state index in [-0.39, 0.29) is 0 Å². The van der Waals surface area contributed by atoms with Gasteiger partial charge < -0.3 is 4.57 Å². The zero-order valence-corrected chi connectivity index (χ0v) is 17.0. The molecule has 1 heterocycles. The van der Waals surface area contributed by atoms with E-state index >= 15 is 0 Å².